The van der Waals surface area contributed by atoms with E-state index in [0.717, 1.165) is 29.9 Å². The molecule has 2 aromatic heterocycles. The van der Waals surface area contributed by atoms with E-state index in [-0.39, 0.29) is 6.03 Å². The zero-order valence-corrected chi connectivity index (χ0v) is 17.6. The topological polar surface area (TPSA) is 94.7 Å². The zero-order chi connectivity index (χ0) is 20.6. The number of nitrogens with one attached hydrogen (secondary N) is 4. The summed E-state index contributed by atoms with van der Waals surface area (Å²) in [5.74, 6) is 1.33. The van der Waals surface area contributed by atoms with Crippen LogP contribution in [0.25, 0.3) is 0 Å². The van der Waals surface area contributed by atoms with E-state index >= 15 is 0 Å². The van der Waals surface area contributed by atoms with Gasteiger partial charge in [-0.05, 0) is 48.9 Å². The third-order valence-corrected chi connectivity index (χ3v) is 5.18. The average Bonchev–Trinajstić information content (AvgIpc) is 3.18. The molecule has 152 valence electrons. The fourth-order valence-corrected chi connectivity index (χ4v) is 3.37. The highest BCUT2D eigenvalue weighted by molar-refractivity contribution is 7.98. The van der Waals surface area contributed by atoms with Crippen LogP contribution >= 0.6 is 11.8 Å². The highest BCUT2D eigenvalue weighted by atomic mass is 32.2. The number of aromatic nitrogens is 3. The van der Waals surface area contributed by atoms with Crippen LogP contribution in [0.15, 0.2) is 53.6 Å². The summed E-state index contributed by atoms with van der Waals surface area (Å²) in [6.07, 6.45) is 5.89. The first kappa shape index (κ1) is 20.7. The molecule has 2 heterocycles. The van der Waals surface area contributed by atoms with Crippen LogP contribution in [0.1, 0.15) is 38.3 Å². The van der Waals surface area contributed by atoms with Crippen LogP contribution in [-0.4, -0.2) is 27.5 Å². The Kier molecular flexibility index (Phi) is 7.13. The van der Waals surface area contributed by atoms with Crippen molar-refractivity contribution in [2.24, 2.45) is 0 Å². The maximum atomic E-state index is 12.2. The predicted octanol–water partition coefficient (Wildman–Crippen LogP) is 5.82. The minimum Gasteiger partial charge on any atom is -0.354 e. The molecule has 0 fully saturated rings. The molecule has 3 rings (SSSR count). The van der Waals surface area contributed by atoms with Crippen molar-refractivity contribution in [2.45, 2.75) is 37.5 Å². The number of H-pyrrole nitrogens is 1. The Morgan fingerprint density at radius 3 is 2.69 bits per heavy atom. The minimum absolute atomic E-state index is 0.379. The first-order chi connectivity index (χ1) is 14.1. The lowest BCUT2D eigenvalue weighted by molar-refractivity contribution is 0.262. The molecule has 0 aliphatic rings. The van der Waals surface area contributed by atoms with Crippen molar-refractivity contribution in [3.05, 3.63) is 54.4 Å². The van der Waals surface area contributed by atoms with E-state index < -0.39 is 0 Å². The number of pyridine rings is 1. The molecule has 3 aromatic rings. The second kappa shape index (κ2) is 9.97. The van der Waals surface area contributed by atoms with Gasteiger partial charge in [-0.2, -0.15) is 5.10 Å². The number of hydrogen-bond acceptors (Lipinski definition) is 5. The molecule has 0 saturated heterocycles. The van der Waals surface area contributed by atoms with E-state index in [1.165, 1.54) is 4.90 Å². The summed E-state index contributed by atoms with van der Waals surface area (Å²) in [5, 5.41) is 15.9. The molecule has 0 aliphatic heterocycles. The Labute approximate surface area is 175 Å². The van der Waals surface area contributed by atoms with Crippen LogP contribution in [0.4, 0.5) is 27.8 Å². The SMILES string of the molecule is CCCC(C)c1cc(NC(=O)Nc2ccc(Nc3cccc(SC)c3)cn2)n[nH]1. The van der Waals surface area contributed by atoms with Crippen molar-refractivity contribution < 1.29 is 4.79 Å². The molecule has 4 N–H and O–H groups in total. The third kappa shape index (κ3) is 5.99. The number of hydrogen-bond donors (Lipinski definition) is 4. The maximum absolute atomic E-state index is 12.2. The molecule has 0 radical (unpaired) electrons. The minimum atomic E-state index is -0.382. The summed E-state index contributed by atoms with van der Waals surface area (Å²) in [7, 11) is 0. The smallest absolute Gasteiger partial charge is 0.326 e. The van der Waals surface area contributed by atoms with E-state index in [9.17, 15) is 4.79 Å². The number of aromatic amines is 1. The van der Waals surface area contributed by atoms with Gasteiger partial charge in [0, 0.05) is 22.3 Å². The molecule has 29 heavy (non-hydrogen) atoms. The van der Waals surface area contributed by atoms with Crippen LogP contribution in [0.3, 0.4) is 0 Å². The Morgan fingerprint density at radius 2 is 1.97 bits per heavy atom. The molecule has 2 amide bonds. The molecular formula is C21H26N6OS. The van der Waals surface area contributed by atoms with Gasteiger partial charge in [0.2, 0.25) is 0 Å². The van der Waals surface area contributed by atoms with E-state index in [1.807, 2.05) is 30.5 Å². The largest absolute Gasteiger partial charge is 0.354 e. The van der Waals surface area contributed by atoms with E-state index in [0.29, 0.717) is 17.6 Å². The molecule has 0 aliphatic carbocycles. The van der Waals surface area contributed by atoms with Gasteiger partial charge < -0.3 is 5.32 Å². The van der Waals surface area contributed by atoms with E-state index in [2.05, 4.69) is 57.1 Å². The van der Waals surface area contributed by atoms with Crippen LogP contribution in [0.5, 0.6) is 0 Å². The number of thioether (sulfide) groups is 1. The number of benzene rings is 1. The number of nitrogens with zero attached hydrogens (tertiary/aromatic N) is 2. The van der Waals surface area contributed by atoms with Crippen LogP contribution in [0.2, 0.25) is 0 Å². The van der Waals surface area contributed by atoms with Crippen LogP contribution < -0.4 is 16.0 Å². The van der Waals surface area contributed by atoms with Crippen LogP contribution in [0, 0.1) is 0 Å². The zero-order valence-electron chi connectivity index (χ0n) is 16.8. The molecule has 1 unspecified atom stereocenters. The standard InChI is InChI=1S/C21H26N6OS/c1-4-6-14(2)18-12-20(27-26-18)25-21(28)24-19-10-9-16(13-22-19)23-15-7-5-8-17(11-15)29-3/h5,7-14,23H,4,6H2,1-3H3,(H3,22,24,25,26,27,28). The first-order valence-corrected chi connectivity index (χ1v) is 10.8. The fraction of sp³-hybridized carbons (Fsp3) is 0.286. The number of amides is 2. The van der Waals surface area contributed by atoms with E-state index in [1.54, 1.807) is 24.0 Å². The monoisotopic (exact) mass is 410 g/mol. The lowest BCUT2D eigenvalue weighted by atomic mass is 10.0. The fourth-order valence-electron chi connectivity index (χ4n) is 2.91. The maximum Gasteiger partial charge on any atom is 0.326 e. The Bertz CT molecular complexity index is 940. The summed E-state index contributed by atoms with van der Waals surface area (Å²) in [6.45, 7) is 4.28. The Balaban J connectivity index is 1.54. The third-order valence-electron chi connectivity index (χ3n) is 4.46. The lowest BCUT2D eigenvalue weighted by Gasteiger charge is -2.09. The first-order valence-electron chi connectivity index (χ1n) is 9.57. The number of rotatable bonds is 8. The van der Waals surface area contributed by atoms with Crippen molar-refractivity contribution >= 4 is 40.8 Å². The highest BCUT2D eigenvalue weighted by Crippen LogP contribution is 2.23. The second-order valence-corrected chi connectivity index (χ2v) is 7.65. The normalized spacial score (nSPS) is 11.7. The highest BCUT2D eigenvalue weighted by Gasteiger charge is 2.11. The van der Waals surface area contributed by atoms with Crippen molar-refractivity contribution in [1.82, 2.24) is 15.2 Å². The van der Waals surface area contributed by atoms with Gasteiger partial charge in [-0.1, -0.05) is 26.3 Å². The van der Waals surface area contributed by atoms with Crippen molar-refractivity contribution in [1.29, 1.82) is 0 Å². The van der Waals surface area contributed by atoms with Gasteiger partial charge in [0.15, 0.2) is 5.82 Å². The van der Waals surface area contributed by atoms with Gasteiger partial charge in [0.05, 0.1) is 11.9 Å². The van der Waals surface area contributed by atoms with Crippen molar-refractivity contribution in [3.63, 3.8) is 0 Å². The van der Waals surface area contributed by atoms with Gasteiger partial charge in [0.25, 0.3) is 0 Å². The number of carbonyl (C=O) groups excluding carboxylic acids is 1. The summed E-state index contributed by atoms with van der Waals surface area (Å²) in [6, 6.07) is 13.2. The molecular weight excluding hydrogens is 384 g/mol. The molecule has 1 atom stereocenters. The van der Waals surface area contributed by atoms with E-state index in [4.69, 9.17) is 0 Å². The number of urea groups is 1. The average molecular weight is 411 g/mol. The summed E-state index contributed by atoms with van der Waals surface area (Å²) < 4.78 is 0. The molecule has 0 saturated carbocycles. The summed E-state index contributed by atoms with van der Waals surface area (Å²) in [4.78, 5) is 17.7. The second-order valence-electron chi connectivity index (χ2n) is 6.77. The molecule has 0 bridgehead atoms. The number of anilines is 4. The molecule has 7 nitrogen and oxygen atoms in total. The lowest BCUT2D eigenvalue weighted by Crippen LogP contribution is -2.20. The van der Waals surface area contributed by atoms with Crippen molar-refractivity contribution in [2.75, 3.05) is 22.2 Å². The van der Waals surface area contributed by atoms with Crippen molar-refractivity contribution in [3.8, 4) is 0 Å². The van der Waals surface area contributed by atoms with Crippen LogP contribution in [-0.2, 0) is 0 Å². The number of carbonyl (C=O) groups is 1. The van der Waals surface area contributed by atoms with Gasteiger partial charge in [-0.3, -0.25) is 15.7 Å². The van der Waals surface area contributed by atoms with Gasteiger partial charge in [0.1, 0.15) is 5.82 Å². The Hall–Kier alpha value is -3.00. The summed E-state index contributed by atoms with van der Waals surface area (Å²) in [5.41, 5.74) is 2.85. The quantitative estimate of drug-likeness (QED) is 0.351. The molecule has 0 spiro atoms. The van der Waals surface area contributed by atoms with Gasteiger partial charge >= 0.3 is 6.03 Å². The van der Waals surface area contributed by atoms with Gasteiger partial charge in [-0.25, -0.2) is 9.78 Å². The molecule has 1 aromatic carbocycles. The summed E-state index contributed by atoms with van der Waals surface area (Å²) >= 11 is 1.69. The Morgan fingerprint density at radius 1 is 1.14 bits per heavy atom. The molecule has 8 heteroatoms. The predicted molar refractivity (Wildman–Crippen MR) is 120 cm³/mol. The van der Waals surface area contributed by atoms with Gasteiger partial charge in [-0.15, -0.1) is 11.8 Å².